The summed E-state index contributed by atoms with van der Waals surface area (Å²) in [6, 6.07) is 5.60. The first kappa shape index (κ1) is 16.1. The summed E-state index contributed by atoms with van der Waals surface area (Å²) in [5.41, 5.74) is 6.60. The number of rotatable bonds is 5. The third-order valence-corrected chi connectivity index (χ3v) is 4.04. The highest BCUT2D eigenvalue weighted by Crippen LogP contribution is 2.27. The molecule has 4 nitrogen and oxygen atoms in total. The SMILES string of the molecule is CC(Oc1ccc(CCN)cc1Cl)C(=O)N1CCCCC1. The molecule has 0 aliphatic carbocycles. The second-order valence-electron chi connectivity index (χ2n) is 5.45. The number of hydrogen-bond donors (Lipinski definition) is 1. The molecule has 1 saturated heterocycles. The molecule has 0 spiro atoms. The Hall–Kier alpha value is -1.26. The normalized spacial score (nSPS) is 16.6. The van der Waals surface area contributed by atoms with Gasteiger partial charge in [0.15, 0.2) is 6.10 Å². The third kappa shape index (κ3) is 4.35. The predicted octanol–water partition coefficient (Wildman–Crippen LogP) is 2.62. The van der Waals surface area contributed by atoms with Crippen LogP contribution in [-0.2, 0) is 11.2 Å². The van der Waals surface area contributed by atoms with Gasteiger partial charge >= 0.3 is 0 Å². The Labute approximate surface area is 131 Å². The van der Waals surface area contributed by atoms with Gasteiger partial charge in [0.25, 0.3) is 5.91 Å². The molecule has 1 aromatic carbocycles. The molecule has 1 unspecified atom stereocenters. The van der Waals surface area contributed by atoms with Gasteiger partial charge in [-0.3, -0.25) is 4.79 Å². The molecule has 1 heterocycles. The highest BCUT2D eigenvalue weighted by molar-refractivity contribution is 6.32. The highest BCUT2D eigenvalue weighted by Gasteiger charge is 2.24. The van der Waals surface area contributed by atoms with Crippen molar-refractivity contribution in [3.8, 4) is 5.75 Å². The standard InChI is InChI=1S/C16H23ClN2O2/c1-12(16(20)19-9-3-2-4-10-19)21-15-6-5-13(7-8-18)11-14(15)17/h5-6,11-12H,2-4,7-10,18H2,1H3. The summed E-state index contributed by atoms with van der Waals surface area (Å²) in [6.07, 6.45) is 3.62. The number of hydrogen-bond acceptors (Lipinski definition) is 3. The van der Waals surface area contributed by atoms with Gasteiger partial charge in [-0.25, -0.2) is 0 Å². The van der Waals surface area contributed by atoms with Crippen molar-refractivity contribution in [3.63, 3.8) is 0 Å². The van der Waals surface area contributed by atoms with Crippen molar-refractivity contribution < 1.29 is 9.53 Å². The van der Waals surface area contributed by atoms with Crippen LogP contribution in [0.3, 0.4) is 0 Å². The third-order valence-electron chi connectivity index (χ3n) is 3.75. The molecule has 21 heavy (non-hydrogen) atoms. The molecule has 0 saturated carbocycles. The lowest BCUT2D eigenvalue weighted by atomic mass is 10.1. The van der Waals surface area contributed by atoms with Crippen molar-refractivity contribution in [1.82, 2.24) is 4.90 Å². The fourth-order valence-corrected chi connectivity index (χ4v) is 2.82. The van der Waals surface area contributed by atoms with Gasteiger partial charge in [-0.15, -0.1) is 0 Å². The van der Waals surface area contributed by atoms with Gasteiger partial charge in [-0.1, -0.05) is 17.7 Å². The average Bonchev–Trinajstić information content (AvgIpc) is 2.50. The summed E-state index contributed by atoms with van der Waals surface area (Å²) in [7, 11) is 0. The molecule has 5 heteroatoms. The molecule has 0 bridgehead atoms. The van der Waals surface area contributed by atoms with E-state index in [1.54, 1.807) is 6.92 Å². The van der Waals surface area contributed by atoms with Crippen LogP contribution in [0.1, 0.15) is 31.7 Å². The van der Waals surface area contributed by atoms with Gasteiger partial charge in [-0.2, -0.15) is 0 Å². The minimum absolute atomic E-state index is 0.0387. The van der Waals surface area contributed by atoms with Crippen LogP contribution in [-0.4, -0.2) is 36.5 Å². The van der Waals surface area contributed by atoms with Crippen LogP contribution in [0.15, 0.2) is 18.2 Å². The average molecular weight is 311 g/mol. The summed E-state index contributed by atoms with van der Waals surface area (Å²) in [5, 5.41) is 0.527. The molecule has 1 aliphatic heterocycles. The lowest BCUT2D eigenvalue weighted by Gasteiger charge is -2.29. The second-order valence-corrected chi connectivity index (χ2v) is 5.86. The van der Waals surface area contributed by atoms with Gasteiger partial charge in [0, 0.05) is 13.1 Å². The fourth-order valence-electron chi connectivity index (χ4n) is 2.57. The van der Waals surface area contributed by atoms with E-state index in [-0.39, 0.29) is 5.91 Å². The van der Waals surface area contributed by atoms with E-state index in [4.69, 9.17) is 22.1 Å². The van der Waals surface area contributed by atoms with Crippen molar-refractivity contribution in [2.24, 2.45) is 5.73 Å². The lowest BCUT2D eigenvalue weighted by molar-refractivity contribution is -0.138. The van der Waals surface area contributed by atoms with E-state index in [0.717, 1.165) is 37.9 Å². The number of carbonyl (C=O) groups is 1. The Balaban J connectivity index is 1.98. The number of halogens is 1. The Morgan fingerprint density at radius 1 is 1.38 bits per heavy atom. The van der Waals surface area contributed by atoms with Crippen molar-refractivity contribution in [3.05, 3.63) is 28.8 Å². The van der Waals surface area contributed by atoms with Crippen LogP contribution in [0.2, 0.25) is 5.02 Å². The summed E-state index contributed by atoms with van der Waals surface area (Å²) >= 11 is 6.21. The maximum absolute atomic E-state index is 12.3. The molecular weight excluding hydrogens is 288 g/mol. The Kier molecular flexibility index (Phi) is 5.88. The summed E-state index contributed by atoms with van der Waals surface area (Å²) in [5.74, 6) is 0.590. The van der Waals surface area contributed by atoms with Gasteiger partial charge in [0.05, 0.1) is 5.02 Å². The Bertz CT molecular complexity index is 487. The van der Waals surface area contributed by atoms with E-state index in [2.05, 4.69) is 0 Å². The zero-order valence-electron chi connectivity index (χ0n) is 12.5. The molecular formula is C16H23ClN2O2. The molecule has 2 rings (SSSR count). The number of ether oxygens (including phenoxy) is 1. The maximum atomic E-state index is 12.3. The summed E-state index contributed by atoms with van der Waals surface area (Å²) in [6.45, 7) is 4.02. The zero-order chi connectivity index (χ0) is 15.2. The van der Waals surface area contributed by atoms with Gasteiger partial charge < -0.3 is 15.4 Å². The van der Waals surface area contributed by atoms with Crippen molar-refractivity contribution >= 4 is 17.5 Å². The number of benzene rings is 1. The monoisotopic (exact) mass is 310 g/mol. The van der Waals surface area contributed by atoms with Gasteiger partial charge in [0.1, 0.15) is 5.75 Å². The molecule has 1 amide bonds. The van der Waals surface area contributed by atoms with Gasteiger partial charge in [0.2, 0.25) is 0 Å². The molecule has 1 aromatic rings. The smallest absolute Gasteiger partial charge is 0.263 e. The largest absolute Gasteiger partial charge is 0.479 e. The highest BCUT2D eigenvalue weighted by atomic mass is 35.5. The zero-order valence-corrected chi connectivity index (χ0v) is 13.2. The Morgan fingerprint density at radius 2 is 2.10 bits per heavy atom. The van der Waals surface area contributed by atoms with Crippen molar-refractivity contribution in [2.45, 2.75) is 38.7 Å². The molecule has 0 radical (unpaired) electrons. The quantitative estimate of drug-likeness (QED) is 0.909. The minimum Gasteiger partial charge on any atom is -0.479 e. The minimum atomic E-state index is -0.513. The molecule has 2 N–H and O–H groups in total. The summed E-state index contributed by atoms with van der Waals surface area (Å²) in [4.78, 5) is 14.2. The number of nitrogens with zero attached hydrogens (tertiary/aromatic N) is 1. The van der Waals surface area contributed by atoms with E-state index in [0.29, 0.717) is 17.3 Å². The summed E-state index contributed by atoms with van der Waals surface area (Å²) < 4.78 is 5.74. The lowest BCUT2D eigenvalue weighted by Crippen LogP contribution is -2.43. The number of amides is 1. The predicted molar refractivity (Wildman–Crippen MR) is 84.7 cm³/mol. The van der Waals surface area contributed by atoms with Crippen LogP contribution in [0.5, 0.6) is 5.75 Å². The topological polar surface area (TPSA) is 55.6 Å². The van der Waals surface area contributed by atoms with Crippen LogP contribution >= 0.6 is 11.6 Å². The second kappa shape index (κ2) is 7.66. The van der Waals surface area contributed by atoms with E-state index < -0.39 is 6.10 Å². The number of nitrogens with two attached hydrogens (primary N) is 1. The molecule has 116 valence electrons. The molecule has 0 aromatic heterocycles. The fraction of sp³-hybridized carbons (Fsp3) is 0.562. The van der Waals surface area contributed by atoms with Crippen LogP contribution in [0.25, 0.3) is 0 Å². The number of likely N-dealkylation sites (tertiary alicyclic amines) is 1. The first-order chi connectivity index (χ1) is 10.1. The van der Waals surface area contributed by atoms with E-state index in [1.165, 1.54) is 6.42 Å². The molecule has 1 atom stereocenters. The first-order valence-electron chi connectivity index (χ1n) is 7.55. The Morgan fingerprint density at radius 3 is 2.71 bits per heavy atom. The van der Waals surface area contributed by atoms with Crippen molar-refractivity contribution in [2.75, 3.05) is 19.6 Å². The van der Waals surface area contributed by atoms with Crippen molar-refractivity contribution in [1.29, 1.82) is 0 Å². The first-order valence-corrected chi connectivity index (χ1v) is 7.93. The van der Waals surface area contributed by atoms with Gasteiger partial charge in [-0.05, 0) is 56.8 Å². The van der Waals surface area contributed by atoms with E-state index in [1.807, 2.05) is 23.1 Å². The van der Waals surface area contributed by atoms with Crippen LogP contribution < -0.4 is 10.5 Å². The van der Waals surface area contributed by atoms with E-state index >= 15 is 0 Å². The van der Waals surface area contributed by atoms with Crippen LogP contribution in [0, 0.1) is 0 Å². The number of carbonyl (C=O) groups excluding carboxylic acids is 1. The maximum Gasteiger partial charge on any atom is 0.263 e. The molecule has 1 fully saturated rings. The van der Waals surface area contributed by atoms with Crippen LogP contribution in [0.4, 0.5) is 0 Å². The number of piperidine rings is 1. The van der Waals surface area contributed by atoms with E-state index in [9.17, 15) is 4.79 Å². The molecule has 1 aliphatic rings.